The van der Waals surface area contributed by atoms with E-state index in [2.05, 4.69) is 10.5 Å². The molecule has 0 aliphatic rings. The Morgan fingerprint density at radius 3 is 2.47 bits per heavy atom. The van der Waals surface area contributed by atoms with Crippen LogP contribution < -0.4 is 10.2 Å². The topological polar surface area (TPSA) is 85.8 Å². The average Bonchev–Trinajstić information content (AvgIpc) is 3.53. The molecule has 0 spiro atoms. The summed E-state index contributed by atoms with van der Waals surface area (Å²) in [4.78, 5) is 24.4. The van der Waals surface area contributed by atoms with Crippen molar-refractivity contribution in [3.05, 3.63) is 114 Å². The molecule has 0 radical (unpaired) electrons. The van der Waals surface area contributed by atoms with E-state index in [1.165, 1.54) is 24.6 Å². The van der Waals surface area contributed by atoms with Crippen LogP contribution in [-0.4, -0.2) is 22.7 Å². The van der Waals surface area contributed by atoms with Crippen LogP contribution in [-0.2, 0) is 4.79 Å². The van der Waals surface area contributed by atoms with E-state index in [0.29, 0.717) is 17.1 Å². The SMILES string of the molecule is O=C(/C=C/c1ccco1)Oc1ccc(/C=N\NC(=O)c2ccccc2-n2cccc2)cc1. The number of ether oxygens (including phenoxy) is 1. The van der Waals surface area contributed by atoms with E-state index in [0.717, 1.165) is 11.3 Å². The number of nitrogens with one attached hydrogen (secondary N) is 1. The Hall–Kier alpha value is -4.65. The molecule has 0 atom stereocenters. The third-order valence-corrected chi connectivity index (χ3v) is 4.44. The van der Waals surface area contributed by atoms with Gasteiger partial charge in [-0.05, 0) is 72.3 Å². The summed E-state index contributed by atoms with van der Waals surface area (Å²) in [5, 5.41) is 4.03. The summed E-state index contributed by atoms with van der Waals surface area (Å²) in [5.74, 6) is 0.114. The minimum absolute atomic E-state index is 0.320. The van der Waals surface area contributed by atoms with Gasteiger partial charge in [0.1, 0.15) is 11.5 Å². The van der Waals surface area contributed by atoms with Crippen molar-refractivity contribution in [3.8, 4) is 11.4 Å². The van der Waals surface area contributed by atoms with Gasteiger partial charge in [-0.1, -0.05) is 12.1 Å². The molecule has 0 aliphatic heterocycles. The number of para-hydroxylation sites is 1. The molecule has 2 heterocycles. The van der Waals surface area contributed by atoms with Gasteiger partial charge < -0.3 is 13.7 Å². The van der Waals surface area contributed by atoms with Gasteiger partial charge in [-0.3, -0.25) is 4.79 Å². The Morgan fingerprint density at radius 2 is 1.72 bits per heavy atom. The monoisotopic (exact) mass is 425 g/mol. The van der Waals surface area contributed by atoms with Gasteiger partial charge in [-0.15, -0.1) is 0 Å². The van der Waals surface area contributed by atoms with Crippen molar-refractivity contribution in [3.63, 3.8) is 0 Å². The second-order valence-corrected chi connectivity index (χ2v) is 6.65. The maximum Gasteiger partial charge on any atom is 0.336 e. The number of furan rings is 1. The molecule has 4 aromatic rings. The Bertz CT molecular complexity index is 1240. The molecule has 2 aromatic carbocycles. The van der Waals surface area contributed by atoms with Crippen LogP contribution in [0.2, 0.25) is 0 Å². The highest BCUT2D eigenvalue weighted by Crippen LogP contribution is 2.15. The molecule has 0 bridgehead atoms. The van der Waals surface area contributed by atoms with Crippen molar-refractivity contribution in [2.75, 3.05) is 0 Å². The molecule has 0 aliphatic carbocycles. The number of hydrazone groups is 1. The predicted octanol–water partition coefficient (Wildman–Crippen LogP) is 4.45. The van der Waals surface area contributed by atoms with E-state index in [1.807, 2.05) is 41.2 Å². The number of carbonyl (C=O) groups excluding carboxylic acids is 2. The lowest BCUT2D eigenvalue weighted by molar-refractivity contribution is -0.128. The molecule has 32 heavy (non-hydrogen) atoms. The fraction of sp³-hybridized carbons (Fsp3) is 0. The predicted molar refractivity (Wildman–Crippen MR) is 121 cm³/mol. The van der Waals surface area contributed by atoms with Gasteiger partial charge in [0.05, 0.1) is 23.7 Å². The molecule has 0 fully saturated rings. The highest BCUT2D eigenvalue weighted by molar-refractivity contribution is 5.98. The normalized spacial score (nSPS) is 11.1. The number of hydrogen-bond acceptors (Lipinski definition) is 5. The van der Waals surface area contributed by atoms with Gasteiger partial charge >= 0.3 is 5.97 Å². The van der Waals surface area contributed by atoms with E-state index in [1.54, 1.807) is 48.5 Å². The first kappa shape index (κ1) is 20.6. The number of hydrogen-bond donors (Lipinski definition) is 1. The molecule has 7 nitrogen and oxygen atoms in total. The van der Waals surface area contributed by atoms with Crippen LogP contribution in [0.3, 0.4) is 0 Å². The largest absolute Gasteiger partial charge is 0.465 e. The van der Waals surface area contributed by atoms with Crippen molar-refractivity contribution in [1.29, 1.82) is 0 Å². The summed E-state index contributed by atoms with van der Waals surface area (Å²) in [7, 11) is 0. The summed E-state index contributed by atoms with van der Waals surface area (Å²) in [6.45, 7) is 0. The second kappa shape index (κ2) is 9.90. The molecule has 7 heteroatoms. The van der Waals surface area contributed by atoms with Gasteiger partial charge in [0, 0.05) is 18.5 Å². The number of rotatable bonds is 7. The quantitative estimate of drug-likeness (QED) is 0.156. The van der Waals surface area contributed by atoms with Gasteiger partial charge in [0.25, 0.3) is 5.91 Å². The van der Waals surface area contributed by atoms with Crippen molar-refractivity contribution in [1.82, 2.24) is 9.99 Å². The lowest BCUT2D eigenvalue weighted by Gasteiger charge is -2.09. The minimum atomic E-state index is -0.517. The number of nitrogens with zero attached hydrogens (tertiary/aromatic N) is 2. The average molecular weight is 425 g/mol. The van der Waals surface area contributed by atoms with E-state index < -0.39 is 5.97 Å². The van der Waals surface area contributed by atoms with Crippen molar-refractivity contribution in [2.24, 2.45) is 5.10 Å². The van der Waals surface area contributed by atoms with Crippen molar-refractivity contribution >= 4 is 24.2 Å². The van der Waals surface area contributed by atoms with E-state index >= 15 is 0 Å². The summed E-state index contributed by atoms with van der Waals surface area (Å²) in [5.41, 5.74) is 4.54. The summed E-state index contributed by atoms with van der Waals surface area (Å²) < 4.78 is 12.2. The molecule has 2 aromatic heterocycles. The van der Waals surface area contributed by atoms with Gasteiger partial charge in [0.15, 0.2) is 0 Å². The first-order valence-electron chi connectivity index (χ1n) is 9.78. The second-order valence-electron chi connectivity index (χ2n) is 6.65. The lowest BCUT2D eigenvalue weighted by Crippen LogP contribution is -2.19. The molecule has 4 rings (SSSR count). The molecular weight excluding hydrogens is 406 g/mol. The first-order valence-corrected chi connectivity index (χ1v) is 9.78. The molecule has 0 saturated carbocycles. The first-order chi connectivity index (χ1) is 15.7. The summed E-state index contributed by atoms with van der Waals surface area (Å²) in [6, 6.07) is 21.3. The Labute approximate surface area is 184 Å². The van der Waals surface area contributed by atoms with E-state index in [4.69, 9.17) is 9.15 Å². The number of aromatic nitrogens is 1. The van der Waals surface area contributed by atoms with Crippen LogP contribution in [0.1, 0.15) is 21.7 Å². The van der Waals surface area contributed by atoms with Crippen molar-refractivity contribution in [2.45, 2.75) is 0 Å². The Kier molecular flexibility index (Phi) is 6.38. The fourth-order valence-corrected chi connectivity index (χ4v) is 2.92. The fourth-order valence-electron chi connectivity index (χ4n) is 2.92. The third kappa shape index (κ3) is 5.28. The van der Waals surface area contributed by atoms with Crippen molar-refractivity contribution < 1.29 is 18.7 Å². The van der Waals surface area contributed by atoms with E-state index in [-0.39, 0.29) is 5.91 Å². The standard InChI is InChI=1S/C25H19N3O4/c29-24(14-13-20-6-5-17-31-20)32-21-11-9-19(10-12-21)18-26-27-25(30)22-7-1-2-8-23(22)28-15-3-4-16-28/h1-18H,(H,27,30)/b14-13+,26-18-. The number of amides is 1. The molecule has 1 amide bonds. The highest BCUT2D eigenvalue weighted by atomic mass is 16.5. The minimum Gasteiger partial charge on any atom is -0.465 e. The van der Waals surface area contributed by atoms with Crippen LogP contribution in [0, 0.1) is 0 Å². The van der Waals surface area contributed by atoms with Gasteiger partial charge in [0.2, 0.25) is 0 Å². The lowest BCUT2D eigenvalue weighted by atomic mass is 10.1. The Balaban J connectivity index is 1.34. The smallest absolute Gasteiger partial charge is 0.336 e. The van der Waals surface area contributed by atoms with E-state index in [9.17, 15) is 9.59 Å². The zero-order valence-electron chi connectivity index (χ0n) is 16.9. The molecular formula is C25H19N3O4. The van der Waals surface area contributed by atoms with Crippen LogP contribution in [0.5, 0.6) is 5.75 Å². The zero-order valence-corrected chi connectivity index (χ0v) is 16.9. The summed E-state index contributed by atoms with van der Waals surface area (Å²) in [6.07, 6.45) is 9.59. The number of benzene rings is 2. The van der Waals surface area contributed by atoms with Gasteiger partial charge in [-0.25, -0.2) is 10.2 Å². The molecule has 0 saturated heterocycles. The number of esters is 1. The Morgan fingerprint density at radius 1 is 0.938 bits per heavy atom. The van der Waals surface area contributed by atoms with Crippen LogP contribution in [0.4, 0.5) is 0 Å². The molecule has 1 N–H and O–H groups in total. The van der Waals surface area contributed by atoms with Crippen LogP contribution in [0.15, 0.2) is 107 Å². The third-order valence-electron chi connectivity index (χ3n) is 4.44. The van der Waals surface area contributed by atoms with Crippen LogP contribution >= 0.6 is 0 Å². The van der Waals surface area contributed by atoms with Gasteiger partial charge in [-0.2, -0.15) is 5.10 Å². The maximum atomic E-state index is 12.6. The maximum absolute atomic E-state index is 12.6. The molecule has 0 unspecified atom stereocenters. The molecule has 158 valence electrons. The van der Waals surface area contributed by atoms with Crippen LogP contribution in [0.25, 0.3) is 11.8 Å². The number of carbonyl (C=O) groups is 2. The summed E-state index contributed by atoms with van der Waals surface area (Å²) >= 11 is 0. The highest BCUT2D eigenvalue weighted by Gasteiger charge is 2.11. The zero-order chi connectivity index (χ0) is 22.2.